The molecule has 0 heterocycles. The highest BCUT2D eigenvalue weighted by atomic mass is 16.5. The molecule has 1 atom stereocenters. The molecule has 1 amide bonds. The van der Waals surface area contributed by atoms with Gasteiger partial charge in [-0.25, -0.2) is 4.79 Å². The second-order valence-corrected chi connectivity index (χ2v) is 6.52. The van der Waals surface area contributed by atoms with Crippen LogP contribution in [0, 0.1) is 20.8 Å². The van der Waals surface area contributed by atoms with Gasteiger partial charge in [0, 0.05) is 5.69 Å². The minimum atomic E-state index is -0.601. The van der Waals surface area contributed by atoms with Crippen molar-refractivity contribution in [3.63, 3.8) is 0 Å². The Balaban J connectivity index is 2.11. The second-order valence-electron chi connectivity index (χ2n) is 6.52. The Morgan fingerprint density at radius 1 is 1.00 bits per heavy atom. The number of anilines is 1. The number of carbonyl (C=O) groups is 2. The summed E-state index contributed by atoms with van der Waals surface area (Å²) in [5, 5.41) is 2.89. The molecule has 5 nitrogen and oxygen atoms in total. The van der Waals surface area contributed by atoms with Crippen molar-refractivity contribution in [2.45, 2.75) is 47.1 Å². The number of ether oxygens (including phenoxy) is 2. The minimum absolute atomic E-state index is 0.218. The molecule has 2 aromatic carbocycles. The van der Waals surface area contributed by atoms with Gasteiger partial charge in [0.1, 0.15) is 5.75 Å². The van der Waals surface area contributed by atoms with Gasteiger partial charge in [0.25, 0.3) is 5.91 Å². The van der Waals surface area contributed by atoms with E-state index in [0.29, 0.717) is 30.0 Å². The first-order valence-corrected chi connectivity index (χ1v) is 9.18. The van der Waals surface area contributed by atoms with Crippen LogP contribution in [0.1, 0.15) is 47.3 Å². The molecule has 144 valence electrons. The summed E-state index contributed by atoms with van der Waals surface area (Å²) in [6.07, 6.45) is -0.0606. The Morgan fingerprint density at radius 3 is 2.33 bits per heavy atom. The summed E-state index contributed by atoms with van der Waals surface area (Å²) in [6.45, 7) is 9.81. The zero-order chi connectivity index (χ0) is 20.0. The summed E-state index contributed by atoms with van der Waals surface area (Å²) in [6, 6.07) is 10.9. The highest BCUT2D eigenvalue weighted by Gasteiger charge is 2.20. The Bertz CT molecular complexity index is 829. The first kappa shape index (κ1) is 20.5. The van der Waals surface area contributed by atoms with Crippen molar-refractivity contribution >= 4 is 17.6 Å². The lowest BCUT2D eigenvalue weighted by atomic mass is 10.1. The van der Waals surface area contributed by atoms with Crippen molar-refractivity contribution in [2.24, 2.45) is 0 Å². The van der Waals surface area contributed by atoms with Gasteiger partial charge in [-0.05, 0) is 69.5 Å². The van der Waals surface area contributed by atoms with Crippen LogP contribution in [0.4, 0.5) is 5.69 Å². The molecule has 1 unspecified atom stereocenters. The molecule has 0 aliphatic rings. The molecule has 2 rings (SSSR count). The first-order valence-electron chi connectivity index (χ1n) is 9.18. The first-order chi connectivity index (χ1) is 12.8. The smallest absolute Gasteiger partial charge is 0.338 e. The van der Waals surface area contributed by atoms with Crippen LogP contribution in [0.3, 0.4) is 0 Å². The molecule has 0 radical (unpaired) electrons. The van der Waals surface area contributed by atoms with Gasteiger partial charge in [-0.3, -0.25) is 4.79 Å². The van der Waals surface area contributed by atoms with E-state index in [-0.39, 0.29) is 11.9 Å². The molecule has 0 saturated carbocycles. The van der Waals surface area contributed by atoms with E-state index in [4.69, 9.17) is 9.47 Å². The van der Waals surface area contributed by atoms with Crippen LogP contribution < -0.4 is 10.1 Å². The van der Waals surface area contributed by atoms with Gasteiger partial charge in [0.05, 0.1) is 12.2 Å². The standard InChI is InChI=1S/C22H27NO4/c1-6-19(27-20-11-8-14(3)12-16(20)5)21(24)23-18-10-9-17(13-15(18)4)22(25)26-7-2/h8-13,19H,6-7H2,1-5H3,(H,23,24). The third kappa shape index (κ3) is 5.33. The maximum atomic E-state index is 12.7. The predicted octanol–water partition coefficient (Wildman–Crippen LogP) is 4.58. The number of benzene rings is 2. The maximum Gasteiger partial charge on any atom is 0.338 e. The number of rotatable bonds is 7. The molecule has 0 aliphatic heterocycles. The molecule has 0 aliphatic carbocycles. The van der Waals surface area contributed by atoms with E-state index in [1.54, 1.807) is 25.1 Å². The van der Waals surface area contributed by atoms with Gasteiger partial charge >= 0.3 is 5.97 Å². The third-order valence-corrected chi connectivity index (χ3v) is 4.26. The number of hydrogen-bond acceptors (Lipinski definition) is 4. The molecule has 5 heteroatoms. The van der Waals surface area contributed by atoms with Crippen molar-refractivity contribution < 1.29 is 19.1 Å². The fraction of sp³-hybridized carbons (Fsp3) is 0.364. The van der Waals surface area contributed by atoms with E-state index in [0.717, 1.165) is 16.7 Å². The average Bonchev–Trinajstić information content (AvgIpc) is 2.62. The van der Waals surface area contributed by atoms with Crippen LogP contribution in [-0.4, -0.2) is 24.6 Å². The van der Waals surface area contributed by atoms with E-state index in [9.17, 15) is 9.59 Å². The number of amides is 1. The molecular formula is C22H27NO4. The number of nitrogens with one attached hydrogen (secondary N) is 1. The summed E-state index contributed by atoms with van der Waals surface area (Å²) in [4.78, 5) is 24.5. The van der Waals surface area contributed by atoms with Crippen LogP contribution in [0.15, 0.2) is 36.4 Å². The van der Waals surface area contributed by atoms with Crippen LogP contribution in [0.25, 0.3) is 0 Å². The topological polar surface area (TPSA) is 64.6 Å². The van der Waals surface area contributed by atoms with E-state index in [1.165, 1.54) is 0 Å². The minimum Gasteiger partial charge on any atom is -0.480 e. The quantitative estimate of drug-likeness (QED) is 0.725. The highest BCUT2D eigenvalue weighted by Crippen LogP contribution is 2.22. The van der Waals surface area contributed by atoms with E-state index >= 15 is 0 Å². The number of esters is 1. The normalized spacial score (nSPS) is 11.6. The highest BCUT2D eigenvalue weighted by molar-refractivity contribution is 5.96. The van der Waals surface area contributed by atoms with E-state index in [2.05, 4.69) is 5.32 Å². The van der Waals surface area contributed by atoms with Crippen LogP contribution in [0.2, 0.25) is 0 Å². The molecule has 0 spiro atoms. The van der Waals surface area contributed by atoms with Gasteiger partial charge in [-0.1, -0.05) is 24.6 Å². The van der Waals surface area contributed by atoms with Gasteiger partial charge in [-0.15, -0.1) is 0 Å². The summed E-state index contributed by atoms with van der Waals surface area (Å²) in [5.74, 6) is 0.115. The number of aryl methyl sites for hydroxylation is 3. The summed E-state index contributed by atoms with van der Waals surface area (Å²) >= 11 is 0. The van der Waals surface area contributed by atoms with Crippen LogP contribution in [-0.2, 0) is 9.53 Å². The SMILES string of the molecule is CCOC(=O)c1ccc(NC(=O)C(CC)Oc2ccc(C)cc2C)c(C)c1. The van der Waals surface area contributed by atoms with Gasteiger partial charge < -0.3 is 14.8 Å². The van der Waals surface area contributed by atoms with Crippen molar-refractivity contribution in [1.82, 2.24) is 0 Å². The van der Waals surface area contributed by atoms with E-state index < -0.39 is 6.10 Å². The Labute approximate surface area is 160 Å². The largest absolute Gasteiger partial charge is 0.480 e. The number of carbonyl (C=O) groups excluding carboxylic acids is 2. The fourth-order valence-corrected chi connectivity index (χ4v) is 2.77. The summed E-state index contributed by atoms with van der Waals surface area (Å²) in [5.41, 5.74) is 4.04. The molecule has 0 saturated heterocycles. The average molecular weight is 369 g/mol. The summed E-state index contributed by atoms with van der Waals surface area (Å²) < 4.78 is 10.9. The summed E-state index contributed by atoms with van der Waals surface area (Å²) in [7, 11) is 0. The molecule has 0 aromatic heterocycles. The van der Waals surface area contributed by atoms with E-state index in [1.807, 2.05) is 45.9 Å². The lowest BCUT2D eigenvalue weighted by Crippen LogP contribution is -2.32. The van der Waals surface area contributed by atoms with Crippen molar-refractivity contribution in [3.8, 4) is 5.75 Å². The van der Waals surface area contributed by atoms with Crippen LogP contribution >= 0.6 is 0 Å². The molecule has 0 bridgehead atoms. The molecular weight excluding hydrogens is 342 g/mol. The van der Waals surface area contributed by atoms with Crippen LogP contribution in [0.5, 0.6) is 5.75 Å². The Hall–Kier alpha value is -2.82. The van der Waals surface area contributed by atoms with Gasteiger partial charge in [-0.2, -0.15) is 0 Å². The lowest BCUT2D eigenvalue weighted by molar-refractivity contribution is -0.122. The van der Waals surface area contributed by atoms with Crippen molar-refractivity contribution in [3.05, 3.63) is 58.7 Å². The zero-order valence-corrected chi connectivity index (χ0v) is 16.6. The number of hydrogen-bond donors (Lipinski definition) is 1. The lowest BCUT2D eigenvalue weighted by Gasteiger charge is -2.19. The van der Waals surface area contributed by atoms with Crippen molar-refractivity contribution in [2.75, 3.05) is 11.9 Å². The van der Waals surface area contributed by atoms with Gasteiger partial charge in [0.15, 0.2) is 6.10 Å². The maximum absolute atomic E-state index is 12.7. The monoisotopic (exact) mass is 369 g/mol. The Kier molecular flexibility index (Phi) is 6.99. The molecule has 27 heavy (non-hydrogen) atoms. The van der Waals surface area contributed by atoms with Gasteiger partial charge in [0.2, 0.25) is 0 Å². The third-order valence-electron chi connectivity index (χ3n) is 4.26. The molecule has 0 fully saturated rings. The zero-order valence-electron chi connectivity index (χ0n) is 16.6. The predicted molar refractivity (Wildman–Crippen MR) is 106 cm³/mol. The molecule has 2 aromatic rings. The second kappa shape index (κ2) is 9.21. The fourth-order valence-electron chi connectivity index (χ4n) is 2.77. The van der Waals surface area contributed by atoms with Crippen molar-refractivity contribution in [1.29, 1.82) is 0 Å². The molecule has 1 N–H and O–H groups in total. The Morgan fingerprint density at radius 2 is 1.74 bits per heavy atom.